The smallest absolute Gasteiger partial charge is 0.215 e. The minimum absolute atomic E-state index is 0.0879. The molecule has 0 saturated heterocycles. The van der Waals surface area contributed by atoms with Crippen molar-refractivity contribution in [3.63, 3.8) is 0 Å². The molecule has 0 amide bonds. The van der Waals surface area contributed by atoms with Crippen molar-refractivity contribution in [3.05, 3.63) is 66.3 Å². The molecule has 3 aromatic heterocycles. The molecule has 8 heteroatoms. The minimum Gasteiger partial charge on any atom is -0.493 e. The summed E-state index contributed by atoms with van der Waals surface area (Å²) in [5.74, 6) is -1.59. The lowest BCUT2D eigenvalue weighted by Crippen LogP contribution is -1.96. The van der Waals surface area contributed by atoms with Gasteiger partial charge in [0.05, 0.1) is 23.9 Å². The standard InChI is InChI=1S/C17H11F2N3O2S/c18-12-2-1-3-14(17(12)19)25-9-11-6-16(23)22-15(20-11)7-13(21-22)10-4-5-24-8-10/h1-8,23H,9H2. The van der Waals surface area contributed by atoms with Crippen molar-refractivity contribution >= 4 is 17.4 Å². The zero-order valence-electron chi connectivity index (χ0n) is 12.7. The molecule has 0 unspecified atom stereocenters. The molecule has 0 radical (unpaired) electrons. The first kappa shape index (κ1) is 15.6. The van der Waals surface area contributed by atoms with Crippen LogP contribution in [0, 0.1) is 11.6 Å². The number of nitrogens with zero attached hydrogens (tertiary/aromatic N) is 3. The fourth-order valence-corrected chi connectivity index (χ4v) is 3.23. The summed E-state index contributed by atoms with van der Waals surface area (Å²) < 4.78 is 33.3. The maximum absolute atomic E-state index is 13.7. The zero-order valence-corrected chi connectivity index (χ0v) is 13.5. The molecule has 0 atom stereocenters. The second-order valence-corrected chi connectivity index (χ2v) is 6.28. The first-order valence-electron chi connectivity index (χ1n) is 7.30. The monoisotopic (exact) mass is 359 g/mol. The molecule has 1 aromatic carbocycles. The van der Waals surface area contributed by atoms with Crippen molar-refractivity contribution in [2.45, 2.75) is 10.6 Å². The highest BCUT2D eigenvalue weighted by molar-refractivity contribution is 7.98. The van der Waals surface area contributed by atoms with E-state index in [0.29, 0.717) is 17.0 Å². The Balaban J connectivity index is 1.63. The number of aromatic nitrogens is 3. The largest absolute Gasteiger partial charge is 0.493 e. The van der Waals surface area contributed by atoms with E-state index in [4.69, 9.17) is 4.42 Å². The summed E-state index contributed by atoms with van der Waals surface area (Å²) in [5, 5.41) is 14.4. The first-order chi connectivity index (χ1) is 12.1. The highest BCUT2D eigenvalue weighted by Gasteiger charge is 2.13. The van der Waals surface area contributed by atoms with Crippen molar-refractivity contribution in [2.75, 3.05) is 0 Å². The molecule has 5 nitrogen and oxygen atoms in total. The SMILES string of the molecule is Oc1cc(CSc2cccc(F)c2F)nc2cc(-c3ccoc3)nn12. The van der Waals surface area contributed by atoms with E-state index in [1.807, 2.05) is 0 Å². The van der Waals surface area contributed by atoms with Crippen molar-refractivity contribution in [3.8, 4) is 17.1 Å². The van der Waals surface area contributed by atoms with Gasteiger partial charge in [0.15, 0.2) is 17.3 Å². The van der Waals surface area contributed by atoms with Crippen LogP contribution in [-0.2, 0) is 5.75 Å². The highest BCUT2D eigenvalue weighted by Crippen LogP contribution is 2.28. The van der Waals surface area contributed by atoms with Gasteiger partial charge in [-0.15, -0.1) is 11.8 Å². The van der Waals surface area contributed by atoms with Gasteiger partial charge in [0.1, 0.15) is 0 Å². The van der Waals surface area contributed by atoms with Gasteiger partial charge in [-0.3, -0.25) is 0 Å². The van der Waals surface area contributed by atoms with Crippen LogP contribution in [0.2, 0.25) is 0 Å². The van der Waals surface area contributed by atoms with E-state index >= 15 is 0 Å². The third-order valence-electron chi connectivity index (χ3n) is 3.57. The maximum Gasteiger partial charge on any atom is 0.215 e. The summed E-state index contributed by atoms with van der Waals surface area (Å²) in [6, 6.07) is 8.92. The zero-order chi connectivity index (χ0) is 17.4. The van der Waals surface area contributed by atoms with E-state index in [1.54, 1.807) is 18.4 Å². The van der Waals surface area contributed by atoms with Gasteiger partial charge in [-0.05, 0) is 18.2 Å². The molecule has 0 bridgehead atoms. The predicted molar refractivity (Wildman–Crippen MR) is 88.3 cm³/mol. The van der Waals surface area contributed by atoms with Gasteiger partial charge in [0, 0.05) is 28.3 Å². The normalized spacial score (nSPS) is 11.3. The van der Waals surface area contributed by atoms with Crippen LogP contribution in [0.25, 0.3) is 16.9 Å². The molecule has 0 aliphatic heterocycles. The molecule has 0 fully saturated rings. The Morgan fingerprint density at radius 3 is 2.88 bits per heavy atom. The third-order valence-corrected chi connectivity index (χ3v) is 4.64. The van der Waals surface area contributed by atoms with E-state index in [0.717, 1.165) is 23.4 Å². The molecule has 3 heterocycles. The van der Waals surface area contributed by atoms with Crippen LogP contribution < -0.4 is 0 Å². The van der Waals surface area contributed by atoms with Crippen molar-refractivity contribution in [1.82, 2.24) is 14.6 Å². The molecule has 4 rings (SSSR count). The van der Waals surface area contributed by atoms with Crippen LogP contribution in [0.4, 0.5) is 8.78 Å². The summed E-state index contributed by atoms with van der Waals surface area (Å²) in [6.45, 7) is 0. The molecular formula is C17H11F2N3O2S. The summed E-state index contributed by atoms with van der Waals surface area (Å²) in [7, 11) is 0. The second-order valence-electron chi connectivity index (χ2n) is 5.26. The van der Waals surface area contributed by atoms with Crippen LogP contribution in [0.15, 0.2) is 58.2 Å². The number of fused-ring (bicyclic) bond motifs is 1. The molecular weight excluding hydrogens is 348 g/mol. The Morgan fingerprint density at radius 1 is 1.20 bits per heavy atom. The number of furan rings is 1. The Bertz CT molecular complexity index is 1050. The number of hydrogen-bond donors (Lipinski definition) is 1. The van der Waals surface area contributed by atoms with E-state index in [9.17, 15) is 13.9 Å². The minimum atomic E-state index is -0.892. The Labute approximate surface area is 144 Å². The van der Waals surface area contributed by atoms with E-state index in [2.05, 4.69) is 10.1 Å². The Morgan fingerprint density at radius 2 is 2.08 bits per heavy atom. The van der Waals surface area contributed by atoms with Crippen LogP contribution >= 0.6 is 11.8 Å². The molecule has 0 aliphatic rings. The molecule has 0 saturated carbocycles. The number of thioether (sulfide) groups is 1. The molecule has 1 N–H and O–H groups in total. The lowest BCUT2D eigenvalue weighted by molar-refractivity contribution is 0.434. The Kier molecular flexibility index (Phi) is 3.89. The van der Waals surface area contributed by atoms with E-state index < -0.39 is 11.6 Å². The summed E-state index contributed by atoms with van der Waals surface area (Å²) in [5.41, 5.74) is 2.35. The molecule has 0 aliphatic carbocycles. The van der Waals surface area contributed by atoms with Crippen LogP contribution in [0.5, 0.6) is 5.88 Å². The topological polar surface area (TPSA) is 63.6 Å². The quantitative estimate of drug-likeness (QED) is 0.552. The average Bonchev–Trinajstić information content (AvgIpc) is 3.25. The van der Waals surface area contributed by atoms with Crippen LogP contribution in [0.3, 0.4) is 0 Å². The van der Waals surface area contributed by atoms with E-state index in [1.165, 1.54) is 29.0 Å². The molecule has 126 valence electrons. The maximum atomic E-state index is 13.7. The fraction of sp³-hybridized carbons (Fsp3) is 0.0588. The number of aromatic hydroxyl groups is 1. The van der Waals surface area contributed by atoms with Crippen molar-refractivity contribution in [1.29, 1.82) is 0 Å². The molecule has 0 spiro atoms. The van der Waals surface area contributed by atoms with Gasteiger partial charge in [0.2, 0.25) is 5.88 Å². The van der Waals surface area contributed by atoms with Crippen LogP contribution in [-0.4, -0.2) is 19.7 Å². The first-order valence-corrected chi connectivity index (χ1v) is 8.28. The Hall–Kier alpha value is -2.87. The fourth-order valence-electron chi connectivity index (χ4n) is 2.38. The third kappa shape index (κ3) is 2.96. The lowest BCUT2D eigenvalue weighted by atomic mass is 10.2. The molecule has 4 aromatic rings. The van der Waals surface area contributed by atoms with Gasteiger partial charge in [-0.1, -0.05) is 6.07 Å². The van der Waals surface area contributed by atoms with Gasteiger partial charge < -0.3 is 9.52 Å². The van der Waals surface area contributed by atoms with Crippen LogP contribution in [0.1, 0.15) is 5.69 Å². The van der Waals surface area contributed by atoms with Gasteiger partial charge in [-0.2, -0.15) is 9.61 Å². The van der Waals surface area contributed by atoms with Crippen molar-refractivity contribution < 1.29 is 18.3 Å². The van der Waals surface area contributed by atoms with Crippen molar-refractivity contribution in [2.24, 2.45) is 0 Å². The number of rotatable bonds is 4. The van der Waals surface area contributed by atoms with Gasteiger partial charge in [0.25, 0.3) is 0 Å². The van der Waals surface area contributed by atoms with E-state index in [-0.39, 0.29) is 16.5 Å². The number of hydrogen-bond acceptors (Lipinski definition) is 5. The number of benzene rings is 1. The molecule has 25 heavy (non-hydrogen) atoms. The predicted octanol–water partition coefficient (Wildman–Crippen LogP) is 4.27. The average molecular weight is 359 g/mol. The summed E-state index contributed by atoms with van der Waals surface area (Å²) in [4.78, 5) is 4.60. The second kappa shape index (κ2) is 6.21. The van der Waals surface area contributed by atoms with Gasteiger partial charge in [-0.25, -0.2) is 13.8 Å². The lowest BCUT2D eigenvalue weighted by Gasteiger charge is -2.05. The van der Waals surface area contributed by atoms with Gasteiger partial charge >= 0.3 is 0 Å². The number of halogens is 2. The summed E-state index contributed by atoms with van der Waals surface area (Å²) >= 11 is 1.10. The highest BCUT2D eigenvalue weighted by atomic mass is 32.2. The summed E-state index contributed by atoms with van der Waals surface area (Å²) in [6.07, 6.45) is 3.07.